The number of aromatic nitrogens is 14. The van der Waals surface area contributed by atoms with Crippen LogP contribution in [-0.2, 0) is 46.6 Å². The zero-order chi connectivity index (χ0) is 65.9. The third-order valence-electron chi connectivity index (χ3n) is 16.9. The van der Waals surface area contributed by atoms with Gasteiger partial charge in [-0.2, -0.15) is 9.80 Å². The van der Waals surface area contributed by atoms with E-state index in [1.165, 1.54) is 54.5 Å². The van der Waals surface area contributed by atoms with Crippen molar-refractivity contribution in [3.05, 3.63) is 132 Å². The standard InChI is InChI=1S/C11H14N2.C10H18N4.C10H17N3.2C10H13N3.C10H17N2.C9H16N3/c1-11(2,3)9-8-12-13-7-5-4-6-10(9)13;1-10(2,3)9-12-11-8-7-13(4)5-6-14(8)9;1-7-5-6-8-11-12-9(13(7)8)10(2,3)4;1-10(2,3)9-12-11-8-6-4-5-7-13(8)9;1-10(2,3)9-8-6-4-5-7-13(8)12-11-9;1-10(2,3)8-7-11-12-6-4-5-9(8)12;1-9(2,3)8-7-5-4-6-12(7)11-10-8/h4-8H,1-3H3;5-7H2,1-4H3;7H,5-6H2,1-4H3;2*4-7H,1-3H3;7,9H,4-6H2,1-3H3;7H,4-6H2,1-3H3/q;;;;;2*+1. The first kappa shape index (κ1) is 68.7. The van der Waals surface area contributed by atoms with Gasteiger partial charge >= 0.3 is 0 Å². The molecule has 3 atom stereocenters. The van der Waals surface area contributed by atoms with Crippen molar-refractivity contribution in [2.24, 2.45) is 26.3 Å². The van der Waals surface area contributed by atoms with Gasteiger partial charge in [0, 0.05) is 102 Å². The quantitative estimate of drug-likeness (QED) is 0.132. The van der Waals surface area contributed by atoms with Gasteiger partial charge in [0.15, 0.2) is 18.2 Å². The minimum atomic E-state index is 0.0424. The minimum Gasteiger partial charge on any atom is -0.312 e. The van der Waals surface area contributed by atoms with Gasteiger partial charge in [-0.25, -0.2) is 9.03 Å². The van der Waals surface area contributed by atoms with Crippen molar-refractivity contribution in [1.82, 2.24) is 73.5 Å². The highest BCUT2D eigenvalue weighted by Gasteiger charge is 2.45. The number of aryl methyl sites for hydroxylation is 1. The van der Waals surface area contributed by atoms with E-state index in [0.717, 1.165) is 85.1 Å². The summed E-state index contributed by atoms with van der Waals surface area (Å²) in [6, 6.07) is 19.8. The fourth-order valence-corrected chi connectivity index (χ4v) is 12.1. The van der Waals surface area contributed by atoms with Crippen molar-refractivity contribution < 1.29 is 9.39 Å². The van der Waals surface area contributed by atoms with Gasteiger partial charge in [-0.15, -0.1) is 40.4 Å². The third-order valence-corrected chi connectivity index (χ3v) is 16.9. The summed E-state index contributed by atoms with van der Waals surface area (Å²) in [6.07, 6.45) is 17.3. The second kappa shape index (κ2) is 26.9. The predicted molar refractivity (Wildman–Crippen MR) is 360 cm³/mol. The smallest absolute Gasteiger partial charge is 0.209 e. The average molecular weight is 1230 g/mol. The fraction of sp³-hybridized carbons (Fsp3) is 0.629. The number of hydrogen-bond donors (Lipinski definition) is 0. The largest absolute Gasteiger partial charge is 0.312 e. The monoisotopic (exact) mass is 1230 g/mol. The molecule has 8 aromatic rings. The van der Waals surface area contributed by atoms with Gasteiger partial charge in [0.1, 0.15) is 47.1 Å². The lowest BCUT2D eigenvalue weighted by atomic mass is 9.82. The number of pyridine rings is 3. The van der Waals surface area contributed by atoms with Crippen molar-refractivity contribution in [2.45, 2.75) is 249 Å². The summed E-state index contributed by atoms with van der Waals surface area (Å²) >= 11 is 0. The summed E-state index contributed by atoms with van der Waals surface area (Å²) in [7, 11) is 2.12. The van der Waals surface area contributed by atoms with Crippen LogP contribution in [0.3, 0.4) is 0 Å². The van der Waals surface area contributed by atoms with Crippen LogP contribution in [-0.4, -0.2) is 127 Å². The van der Waals surface area contributed by atoms with E-state index in [4.69, 9.17) is 0 Å². The maximum atomic E-state index is 4.42. The molecule has 90 heavy (non-hydrogen) atoms. The molecule has 0 saturated carbocycles. The van der Waals surface area contributed by atoms with Crippen LogP contribution in [0.1, 0.15) is 231 Å². The van der Waals surface area contributed by atoms with Gasteiger partial charge < -0.3 is 9.13 Å². The topological polar surface area (TPSA) is 185 Å². The highest BCUT2D eigenvalue weighted by molar-refractivity contribution is 5.93. The molecular formula is C70H108N20+2. The first-order valence-electron chi connectivity index (χ1n) is 32.8. The normalized spacial score (nSPS) is 18.9. The van der Waals surface area contributed by atoms with Crippen molar-refractivity contribution in [3.63, 3.8) is 0 Å². The molecule has 0 bridgehead atoms. The van der Waals surface area contributed by atoms with Gasteiger partial charge in [-0.3, -0.25) is 9.30 Å². The molecule has 2 saturated heterocycles. The molecule has 20 heteroatoms. The van der Waals surface area contributed by atoms with E-state index >= 15 is 0 Å². The van der Waals surface area contributed by atoms with Gasteiger partial charge in [0.2, 0.25) is 11.8 Å². The molecule has 486 valence electrons. The Morgan fingerprint density at radius 3 is 1.73 bits per heavy atom. The van der Waals surface area contributed by atoms with E-state index < -0.39 is 0 Å². The van der Waals surface area contributed by atoms with E-state index in [2.05, 4.69) is 257 Å². The molecule has 0 N–H and O–H groups in total. The lowest BCUT2D eigenvalue weighted by Gasteiger charge is -2.26. The average Bonchev–Trinajstić information content (AvgIpc) is 1.96. The van der Waals surface area contributed by atoms with Gasteiger partial charge in [-0.1, -0.05) is 169 Å². The van der Waals surface area contributed by atoms with Crippen LogP contribution < -0.4 is 0 Å². The van der Waals surface area contributed by atoms with Gasteiger partial charge in [0.25, 0.3) is 0 Å². The Labute approximate surface area is 536 Å². The van der Waals surface area contributed by atoms with E-state index in [-0.39, 0.29) is 32.5 Å². The molecule has 0 aromatic carbocycles. The molecule has 2 fully saturated rings. The molecule has 14 rings (SSSR count). The highest BCUT2D eigenvalue weighted by atomic mass is 15.5. The molecule has 0 amide bonds. The molecule has 20 nitrogen and oxygen atoms in total. The number of fused-ring (bicyclic) bond motifs is 7. The molecule has 0 spiro atoms. The molecule has 0 radical (unpaired) electrons. The van der Waals surface area contributed by atoms with Crippen molar-refractivity contribution in [1.29, 1.82) is 0 Å². The van der Waals surface area contributed by atoms with Crippen LogP contribution in [0.5, 0.6) is 0 Å². The van der Waals surface area contributed by atoms with E-state index in [1.807, 2.05) is 82.2 Å². The molecular weight excluding hydrogens is 1120 g/mol. The Balaban J connectivity index is 0.000000136. The fourth-order valence-electron chi connectivity index (χ4n) is 12.1. The van der Waals surface area contributed by atoms with Gasteiger partial charge in [-0.05, 0) is 79.2 Å². The van der Waals surface area contributed by atoms with Crippen molar-refractivity contribution in [2.75, 3.05) is 26.7 Å². The van der Waals surface area contributed by atoms with E-state index in [0.29, 0.717) is 23.5 Å². The Kier molecular flexibility index (Phi) is 20.5. The van der Waals surface area contributed by atoms with Crippen LogP contribution in [0, 0.1) is 10.8 Å². The summed E-state index contributed by atoms with van der Waals surface area (Å²) in [5.74, 6) is 5.51. The number of rotatable bonds is 0. The second-order valence-electron chi connectivity index (χ2n) is 32.2. The highest BCUT2D eigenvalue weighted by Crippen LogP contribution is 2.37. The Morgan fingerprint density at radius 2 is 1.10 bits per heavy atom. The third kappa shape index (κ3) is 16.5. The summed E-state index contributed by atoms with van der Waals surface area (Å²) in [6.45, 7) is 53.5. The van der Waals surface area contributed by atoms with Gasteiger partial charge in [0.05, 0.1) is 34.6 Å². The summed E-state index contributed by atoms with van der Waals surface area (Å²) in [5.41, 5.74) is 9.30. The van der Waals surface area contributed by atoms with Crippen LogP contribution in [0.2, 0.25) is 0 Å². The molecule has 6 aliphatic rings. The molecule has 14 heterocycles. The van der Waals surface area contributed by atoms with Crippen LogP contribution >= 0.6 is 0 Å². The van der Waals surface area contributed by atoms with Crippen LogP contribution in [0.25, 0.3) is 16.7 Å². The molecule has 0 aliphatic carbocycles. The zero-order valence-corrected chi connectivity index (χ0v) is 59.0. The van der Waals surface area contributed by atoms with Crippen LogP contribution in [0.15, 0.2) is 107 Å². The summed E-state index contributed by atoms with van der Waals surface area (Å²) in [5, 5.41) is 50.7. The summed E-state index contributed by atoms with van der Waals surface area (Å²) in [4.78, 5) is 2.27. The number of likely N-dealkylation sites (N-methyl/N-ethyl adjacent to an activating group) is 1. The van der Waals surface area contributed by atoms with Crippen molar-refractivity contribution in [3.8, 4) is 0 Å². The second-order valence-corrected chi connectivity index (χ2v) is 32.2. The Morgan fingerprint density at radius 1 is 0.511 bits per heavy atom. The number of nitrogens with zero attached hydrogens (tertiary/aromatic N) is 20. The zero-order valence-electron chi connectivity index (χ0n) is 59.0. The molecule has 3 unspecified atom stereocenters. The predicted octanol–water partition coefficient (Wildman–Crippen LogP) is 14.4. The first-order valence-corrected chi connectivity index (χ1v) is 32.8. The lowest BCUT2D eigenvalue weighted by Crippen LogP contribution is -2.33. The first-order chi connectivity index (χ1) is 41.9. The Hall–Kier alpha value is -7.22. The lowest BCUT2D eigenvalue weighted by molar-refractivity contribution is -0.591. The maximum absolute atomic E-state index is 4.42. The van der Waals surface area contributed by atoms with E-state index in [9.17, 15) is 0 Å². The Bertz CT molecular complexity index is 3570. The molecule has 8 aromatic heterocycles. The molecule has 6 aliphatic heterocycles. The SMILES string of the molecule is CC(C)(C)C1=CN=[N+]2CCCC12.CC(C)(C)C1=NN=[N+]2CCCC12.CC(C)(C)c1cnn2ccccc12.CC(C)(C)c1nnc2ccccn12.CC(C)(C)c1nnn2ccccc12.CC1CCc2nnc(C(C)(C)C)n21.CN1CCn2c(nnc2C(C)(C)C)C1. The number of hydrogen-bond acceptors (Lipinski definition) is 13. The van der Waals surface area contributed by atoms with Crippen LogP contribution in [0.4, 0.5) is 0 Å². The maximum Gasteiger partial charge on any atom is 0.209 e. The van der Waals surface area contributed by atoms with Crippen molar-refractivity contribution >= 4 is 22.4 Å². The van der Waals surface area contributed by atoms with E-state index in [1.54, 1.807) is 4.52 Å². The minimum absolute atomic E-state index is 0.0424. The number of azo groups is 2. The summed E-state index contributed by atoms with van der Waals surface area (Å²) < 4.78 is 14.7.